The van der Waals surface area contributed by atoms with E-state index in [9.17, 15) is 29.1 Å². The minimum Gasteiger partial charge on any atom is -0.480 e. The molecule has 0 aromatic carbocycles. The Balaban J connectivity index is 4.96. The van der Waals surface area contributed by atoms with Crippen LogP contribution in [0.2, 0.25) is 0 Å². The molecule has 0 spiro atoms. The molecule has 0 aliphatic heterocycles. The van der Waals surface area contributed by atoms with Crippen LogP contribution in [-0.2, 0) is 24.0 Å². The lowest BCUT2D eigenvalue weighted by molar-refractivity contribution is -0.145. The summed E-state index contributed by atoms with van der Waals surface area (Å²) < 4.78 is 0. The van der Waals surface area contributed by atoms with Crippen LogP contribution < -0.4 is 27.4 Å². The molecule has 0 aromatic rings. The summed E-state index contributed by atoms with van der Waals surface area (Å²) in [4.78, 5) is 58.6. The molecule has 4 amide bonds. The highest BCUT2D eigenvalue weighted by Gasteiger charge is 2.31. The number of hydrogen-bond acceptors (Lipinski definition) is 7. The lowest BCUT2D eigenvalue weighted by Crippen LogP contribution is -2.58. The van der Waals surface area contributed by atoms with Crippen molar-refractivity contribution in [1.82, 2.24) is 16.0 Å². The number of aliphatic hydroxyl groups is 1. The molecule has 0 radical (unpaired) electrons. The second-order valence-corrected chi connectivity index (χ2v) is 7.14. The summed E-state index contributed by atoms with van der Waals surface area (Å²) >= 11 is 0. The predicted octanol–water partition coefficient (Wildman–Crippen LogP) is -2.83. The smallest absolute Gasteiger partial charge is 0.328 e. The van der Waals surface area contributed by atoms with Crippen molar-refractivity contribution in [3.8, 4) is 0 Å². The lowest BCUT2D eigenvalue weighted by Gasteiger charge is -2.26. The van der Waals surface area contributed by atoms with Crippen molar-refractivity contribution in [1.29, 1.82) is 0 Å². The Morgan fingerprint density at radius 1 is 0.862 bits per heavy atom. The number of nitrogens with two attached hydrogens (primary N) is 2. The third kappa shape index (κ3) is 9.34. The molecule has 5 atom stereocenters. The molecule has 0 aliphatic rings. The topological polar surface area (TPSA) is 214 Å². The molecule has 0 rings (SSSR count). The molecular formula is C17H31N5O7. The van der Waals surface area contributed by atoms with Gasteiger partial charge in [-0.05, 0) is 26.2 Å². The Hall–Kier alpha value is -2.73. The second kappa shape index (κ2) is 12.0. The number of rotatable bonds is 12. The van der Waals surface area contributed by atoms with Crippen molar-refractivity contribution >= 4 is 29.6 Å². The standard InChI is InChI=1S/C17H31N5O7/c1-7(2)12(21-15(26)10(18)5-6-11(19)24)16(27)20-8(3)14(25)22-13(9(4)23)17(28)29/h7-10,12-13,23H,5-6,18H2,1-4H3,(H2,19,24)(H,20,27)(H,21,26)(H,22,25)(H,28,29). The quantitative estimate of drug-likeness (QED) is 0.175. The van der Waals surface area contributed by atoms with E-state index in [1.165, 1.54) is 13.8 Å². The molecule has 0 aliphatic carbocycles. The van der Waals surface area contributed by atoms with Crippen LogP contribution in [-0.4, -0.2) is 70.1 Å². The van der Waals surface area contributed by atoms with Gasteiger partial charge in [0.05, 0.1) is 12.1 Å². The van der Waals surface area contributed by atoms with Crippen LogP contribution in [0.15, 0.2) is 0 Å². The van der Waals surface area contributed by atoms with E-state index in [-0.39, 0.29) is 18.8 Å². The van der Waals surface area contributed by atoms with E-state index < -0.39 is 59.9 Å². The Labute approximate surface area is 168 Å². The fraction of sp³-hybridized carbons (Fsp3) is 0.706. The monoisotopic (exact) mass is 417 g/mol. The van der Waals surface area contributed by atoms with E-state index in [1.54, 1.807) is 13.8 Å². The summed E-state index contributed by atoms with van der Waals surface area (Å²) in [5, 5.41) is 25.4. The Morgan fingerprint density at radius 3 is 1.79 bits per heavy atom. The summed E-state index contributed by atoms with van der Waals surface area (Å²) in [5.41, 5.74) is 10.7. The van der Waals surface area contributed by atoms with Crippen LogP contribution in [0.4, 0.5) is 0 Å². The van der Waals surface area contributed by atoms with Crippen LogP contribution in [0.1, 0.15) is 40.5 Å². The second-order valence-electron chi connectivity index (χ2n) is 7.14. The molecule has 0 saturated heterocycles. The maximum atomic E-state index is 12.5. The number of primary amides is 1. The van der Waals surface area contributed by atoms with Crippen LogP contribution in [0.25, 0.3) is 0 Å². The number of hydrogen-bond donors (Lipinski definition) is 7. The van der Waals surface area contributed by atoms with E-state index in [2.05, 4.69) is 16.0 Å². The van der Waals surface area contributed by atoms with Gasteiger partial charge in [0.15, 0.2) is 6.04 Å². The summed E-state index contributed by atoms with van der Waals surface area (Å²) in [5.74, 6) is -4.55. The zero-order valence-corrected chi connectivity index (χ0v) is 17.0. The molecule has 29 heavy (non-hydrogen) atoms. The van der Waals surface area contributed by atoms with Gasteiger partial charge in [0.25, 0.3) is 0 Å². The Bertz CT molecular complexity index is 623. The number of carbonyl (C=O) groups excluding carboxylic acids is 4. The van der Waals surface area contributed by atoms with E-state index in [0.717, 1.165) is 0 Å². The highest BCUT2D eigenvalue weighted by Crippen LogP contribution is 2.05. The molecule has 12 nitrogen and oxygen atoms in total. The van der Waals surface area contributed by atoms with Crippen molar-refractivity contribution < 1.29 is 34.2 Å². The molecule has 0 saturated carbocycles. The van der Waals surface area contributed by atoms with Gasteiger partial charge in [0.1, 0.15) is 12.1 Å². The third-order valence-corrected chi connectivity index (χ3v) is 4.08. The van der Waals surface area contributed by atoms with Crippen LogP contribution in [0.5, 0.6) is 0 Å². The van der Waals surface area contributed by atoms with Gasteiger partial charge in [-0.1, -0.05) is 13.8 Å². The SMILES string of the molecule is CC(NC(=O)C(NC(=O)C(N)CCC(N)=O)C(C)C)C(=O)NC(C(=O)O)C(C)O. The third-order valence-electron chi connectivity index (χ3n) is 4.08. The van der Waals surface area contributed by atoms with Gasteiger partial charge in [-0.2, -0.15) is 0 Å². The zero-order chi connectivity index (χ0) is 22.9. The van der Waals surface area contributed by atoms with Crippen LogP contribution in [0, 0.1) is 5.92 Å². The molecule has 12 heteroatoms. The number of aliphatic carboxylic acids is 1. The predicted molar refractivity (Wildman–Crippen MR) is 102 cm³/mol. The molecule has 0 heterocycles. The molecule has 0 bridgehead atoms. The molecular weight excluding hydrogens is 386 g/mol. The first-order chi connectivity index (χ1) is 13.3. The van der Waals surface area contributed by atoms with Crippen molar-refractivity contribution in [2.75, 3.05) is 0 Å². The number of nitrogens with one attached hydrogen (secondary N) is 3. The summed E-state index contributed by atoms with van der Waals surface area (Å²) in [6.07, 6.45) is -1.41. The normalized spacial score (nSPS) is 16.1. The minimum absolute atomic E-state index is 0.0162. The number of carbonyl (C=O) groups is 5. The van der Waals surface area contributed by atoms with Gasteiger partial charge in [-0.15, -0.1) is 0 Å². The lowest BCUT2D eigenvalue weighted by atomic mass is 10.0. The van der Waals surface area contributed by atoms with Gasteiger partial charge in [0, 0.05) is 6.42 Å². The van der Waals surface area contributed by atoms with Crippen molar-refractivity contribution in [2.24, 2.45) is 17.4 Å². The first-order valence-corrected chi connectivity index (χ1v) is 9.13. The van der Waals surface area contributed by atoms with Crippen molar-refractivity contribution in [3.63, 3.8) is 0 Å². The van der Waals surface area contributed by atoms with Gasteiger partial charge < -0.3 is 37.6 Å². The van der Waals surface area contributed by atoms with E-state index >= 15 is 0 Å². The fourth-order valence-corrected chi connectivity index (χ4v) is 2.26. The first kappa shape index (κ1) is 26.3. The maximum absolute atomic E-state index is 12.5. The first-order valence-electron chi connectivity index (χ1n) is 9.13. The zero-order valence-electron chi connectivity index (χ0n) is 17.0. The molecule has 166 valence electrons. The highest BCUT2D eigenvalue weighted by atomic mass is 16.4. The minimum atomic E-state index is -1.54. The molecule has 0 fully saturated rings. The number of aliphatic hydroxyl groups excluding tert-OH is 1. The summed E-state index contributed by atoms with van der Waals surface area (Å²) in [7, 11) is 0. The van der Waals surface area contributed by atoms with Gasteiger partial charge in [-0.25, -0.2) is 4.79 Å². The van der Waals surface area contributed by atoms with Gasteiger partial charge in [0.2, 0.25) is 23.6 Å². The largest absolute Gasteiger partial charge is 0.480 e. The Kier molecular flexibility index (Phi) is 10.8. The highest BCUT2D eigenvalue weighted by molar-refractivity contribution is 5.94. The fourth-order valence-electron chi connectivity index (χ4n) is 2.26. The Morgan fingerprint density at radius 2 is 1.38 bits per heavy atom. The van der Waals surface area contributed by atoms with Gasteiger partial charge >= 0.3 is 5.97 Å². The van der Waals surface area contributed by atoms with Gasteiger partial charge in [-0.3, -0.25) is 19.2 Å². The van der Waals surface area contributed by atoms with E-state index in [0.29, 0.717) is 0 Å². The molecule has 5 unspecified atom stereocenters. The summed E-state index contributed by atoms with van der Waals surface area (Å²) in [6, 6.07) is -4.74. The maximum Gasteiger partial charge on any atom is 0.328 e. The van der Waals surface area contributed by atoms with E-state index in [1.807, 2.05) is 0 Å². The van der Waals surface area contributed by atoms with Crippen LogP contribution >= 0.6 is 0 Å². The average Bonchev–Trinajstić information content (AvgIpc) is 2.60. The van der Waals surface area contributed by atoms with Crippen molar-refractivity contribution in [3.05, 3.63) is 0 Å². The number of carboxylic acids is 1. The molecule has 0 aromatic heterocycles. The number of amides is 4. The average molecular weight is 417 g/mol. The molecule has 9 N–H and O–H groups in total. The van der Waals surface area contributed by atoms with Crippen molar-refractivity contribution in [2.45, 2.75) is 70.8 Å². The summed E-state index contributed by atoms with van der Waals surface area (Å²) in [6.45, 7) is 5.86. The number of carboxylic acid groups (broad SMARTS) is 1. The van der Waals surface area contributed by atoms with Crippen LogP contribution in [0.3, 0.4) is 0 Å². The van der Waals surface area contributed by atoms with E-state index in [4.69, 9.17) is 16.6 Å².